The van der Waals surface area contributed by atoms with Gasteiger partial charge in [-0.3, -0.25) is 4.79 Å². The van der Waals surface area contributed by atoms with E-state index in [1.165, 1.54) is 0 Å². The van der Waals surface area contributed by atoms with Crippen molar-refractivity contribution in [3.05, 3.63) is 24.3 Å². The molecule has 0 aromatic heterocycles. The lowest BCUT2D eigenvalue weighted by atomic mass is 9.86. The molecule has 0 fully saturated rings. The number of hydrogen-bond acceptors (Lipinski definition) is 3. The minimum absolute atomic E-state index is 0.187. The summed E-state index contributed by atoms with van der Waals surface area (Å²) in [4.78, 5) is 10.0. The molecule has 0 heterocycles. The quantitative estimate of drug-likeness (QED) is 0.212. The Morgan fingerprint density at radius 3 is 2.31 bits per heavy atom. The summed E-state index contributed by atoms with van der Waals surface area (Å²) in [6.07, 6.45) is 12.6. The van der Waals surface area contributed by atoms with Crippen LogP contribution in [-0.4, -0.2) is 23.5 Å². The summed E-state index contributed by atoms with van der Waals surface area (Å²) in [5.74, 6) is 0. The van der Waals surface area contributed by atoms with Crippen molar-refractivity contribution in [2.75, 3.05) is 0 Å². The molecule has 0 radical (unpaired) electrons. The Balaban J connectivity index is 0. The van der Waals surface area contributed by atoms with Crippen molar-refractivity contribution in [3.63, 3.8) is 0 Å². The number of aldehydes is 1. The molecule has 0 amide bonds. The van der Waals surface area contributed by atoms with Crippen molar-refractivity contribution in [2.45, 2.75) is 12.7 Å². The van der Waals surface area contributed by atoms with Crippen molar-refractivity contribution >= 4 is 13.4 Å². The molecule has 0 aliphatic carbocycles. The third-order valence-corrected chi connectivity index (χ3v) is 1.06. The van der Waals surface area contributed by atoms with E-state index in [0.717, 1.165) is 0 Å². The Hall–Kier alpha value is -1.31. The summed E-state index contributed by atoms with van der Waals surface area (Å²) < 4.78 is 0. The van der Waals surface area contributed by atoms with Crippen LogP contribution in [0.1, 0.15) is 6.42 Å². The molecule has 0 unspecified atom stereocenters. The van der Waals surface area contributed by atoms with Gasteiger partial charge < -0.3 is 10.0 Å². The van der Waals surface area contributed by atoms with Gasteiger partial charge in [0, 0.05) is 0 Å². The smallest absolute Gasteiger partial charge is 0.427 e. The van der Waals surface area contributed by atoms with E-state index >= 15 is 0 Å². The van der Waals surface area contributed by atoms with E-state index in [1.807, 2.05) is 0 Å². The third-order valence-electron chi connectivity index (χ3n) is 1.06. The zero-order chi connectivity index (χ0) is 10.7. The van der Waals surface area contributed by atoms with Gasteiger partial charge in [0.2, 0.25) is 0 Å². The van der Waals surface area contributed by atoms with Gasteiger partial charge in [-0.15, -0.1) is 12.8 Å². The Labute approximate surface area is 78.9 Å². The zero-order valence-electron chi connectivity index (χ0n) is 7.39. The van der Waals surface area contributed by atoms with Crippen molar-refractivity contribution in [3.8, 4) is 12.8 Å². The van der Waals surface area contributed by atoms with E-state index in [1.54, 1.807) is 12.2 Å². The summed E-state index contributed by atoms with van der Waals surface area (Å²) in [5.41, 5.74) is 0.480. The summed E-state index contributed by atoms with van der Waals surface area (Å²) in [6.45, 7) is 3.45. The van der Waals surface area contributed by atoms with Crippen LogP contribution in [0.15, 0.2) is 24.3 Å². The molecule has 0 saturated heterocycles. The van der Waals surface area contributed by atoms with Gasteiger partial charge >= 0.3 is 7.12 Å². The fourth-order valence-electron chi connectivity index (χ4n) is 0.501. The van der Waals surface area contributed by atoms with Crippen LogP contribution in [0.3, 0.4) is 0 Å². The Bertz CT molecular complexity index is 194. The molecule has 0 atom stereocenters. The van der Waals surface area contributed by atoms with Gasteiger partial charge in [0.15, 0.2) is 0 Å². The van der Waals surface area contributed by atoms with Gasteiger partial charge in [-0.05, 0) is 18.3 Å². The van der Waals surface area contributed by atoms with Crippen LogP contribution in [0, 0.1) is 12.8 Å². The van der Waals surface area contributed by atoms with Crippen LogP contribution in [-0.2, 0) is 4.79 Å². The molecule has 0 aliphatic rings. The van der Waals surface area contributed by atoms with Gasteiger partial charge in [-0.1, -0.05) is 18.7 Å². The van der Waals surface area contributed by atoms with Crippen LogP contribution in [0.25, 0.3) is 0 Å². The van der Waals surface area contributed by atoms with Crippen molar-refractivity contribution in [1.29, 1.82) is 0 Å². The SMILES string of the molecule is C#C.C=C(C=O)C/C=C\CB(O)O. The van der Waals surface area contributed by atoms with Gasteiger partial charge in [-0.2, -0.15) is 0 Å². The molecule has 2 N–H and O–H groups in total. The predicted molar refractivity (Wildman–Crippen MR) is 53.8 cm³/mol. The lowest BCUT2D eigenvalue weighted by molar-refractivity contribution is -0.104. The van der Waals surface area contributed by atoms with Crippen molar-refractivity contribution in [2.24, 2.45) is 0 Å². The number of carbonyl (C=O) groups is 1. The monoisotopic (exact) mass is 180 g/mol. The summed E-state index contributed by atoms with van der Waals surface area (Å²) in [6, 6.07) is 0. The minimum atomic E-state index is -1.31. The van der Waals surface area contributed by atoms with Crippen LogP contribution in [0.5, 0.6) is 0 Å². The summed E-state index contributed by atoms with van der Waals surface area (Å²) in [5, 5.41) is 16.8. The third kappa shape index (κ3) is 13.7. The van der Waals surface area contributed by atoms with Gasteiger partial charge in [0.25, 0.3) is 0 Å². The van der Waals surface area contributed by atoms with Gasteiger partial charge in [0.1, 0.15) is 6.29 Å². The van der Waals surface area contributed by atoms with E-state index in [0.29, 0.717) is 18.3 Å². The molecule has 0 aromatic carbocycles. The first-order valence-electron chi connectivity index (χ1n) is 3.64. The molecule has 3 nitrogen and oxygen atoms in total. The maximum atomic E-state index is 10.0. The first kappa shape index (κ1) is 14.2. The molecule has 0 saturated carbocycles. The average molecular weight is 180 g/mol. The number of allylic oxidation sites excluding steroid dienone is 3. The molecule has 0 spiro atoms. The predicted octanol–water partition coefficient (Wildman–Crippen LogP) is 0.410. The van der Waals surface area contributed by atoms with Crippen LogP contribution >= 0.6 is 0 Å². The molecular formula is C9H13BO3. The molecule has 0 rings (SSSR count). The maximum absolute atomic E-state index is 10.0. The molecular weight excluding hydrogens is 167 g/mol. The Morgan fingerprint density at radius 2 is 1.92 bits per heavy atom. The lowest BCUT2D eigenvalue weighted by Crippen LogP contribution is -2.07. The van der Waals surface area contributed by atoms with Crippen LogP contribution in [0.2, 0.25) is 6.32 Å². The standard InChI is InChI=1S/C7H11BO3.C2H2/c1-7(6-9)4-2-3-5-8(10)11;1-2/h2-3,6,10-11H,1,4-5H2;1-2H/b3-2-;. The van der Waals surface area contributed by atoms with E-state index in [-0.39, 0.29) is 6.32 Å². The van der Waals surface area contributed by atoms with E-state index < -0.39 is 7.12 Å². The number of carbonyl (C=O) groups excluding carboxylic acids is 1. The summed E-state index contributed by atoms with van der Waals surface area (Å²) in [7, 11) is -1.31. The highest BCUT2D eigenvalue weighted by atomic mass is 16.4. The van der Waals surface area contributed by atoms with Crippen LogP contribution in [0.4, 0.5) is 0 Å². The number of terminal acetylenes is 1. The molecule has 0 aromatic rings. The van der Waals surface area contributed by atoms with Gasteiger partial charge in [0.05, 0.1) is 0 Å². The topological polar surface area (TPSA) is 57.5 Å². The second kappa shape index (κ2) is 10.7. The normalized spacial score (nSPS) is 8.62. The fourth-order valence-corrected chi connectivity index (χ4v) is 0.501. The maximum Gasteiger partial charge on any atom is 0.455 e. The van der Waals surface area contributed by atoms with E-state index in [4.69, 9.17) is 10.0 Å². The highest BCUT2D eigenvalue weighted by molar-refractivity contribution is 6.41. The number of hydrogen-bond donors (Lipinski definition) is 2. The zero-order valence-corrected chi connectivity index (χ0v) is 7.39. The highest BCUT2D eigenvalue weighted by Crippen LogP contribution is 1.96. The minimum Gasteiger partial charge on any atom is -0.427 e. The fraction of sp³-hybridized carbons (Fsp3) is 0.222. The highest BCUT2D eigenvalue weighted by Gasteiger charge is 2.00. The lowest BCUT2D eigenvalue weighted by Gasteiger charge is -1.90. The Kier molecular flexibility index (Phi) is 11.7. The Morgan fingerprint density at radius 1 is 1.38 bits per heavy atom. The first-order chi connectivity index (χ1) is 6.16. The van der Waals surface area contributed by atoms with Crippen molar-refractivity contribution < 1.29 is 14.8 Å². The molecule has 0 bridgehead atoms. The van der Waals surface area contributed by atoms with Gasteiger partial charge in [-0.25, -0.2) is 0 Å². The van der Waals surface area contributed by atoms with E-state index in [9.17, 15) is 4.79 Å². The largest absolute Gasteiger partial charge is 0.455 e. The second-order valence-corrected chi connectivity index (χ2v) is 2.17. The second-order valence-electron chi connectivity index (χ2n) is 2.17. The van der Waals surface area contributed by atoms with E-state index in [2.05, 4.69) is 19.4 Å². The molecule has 0 aliphatic heterocycles. The number of rotatable bonds is 5. The molecule has 70 valence electrons. The van der Waals surface area contributed by atoms with Crippen LogP contribution < -0.4 is 0 Å². The molecule has 4 heteroatoms. The first-order valence-corrected chi connectivity index (χ1v) is 3.64. The van der Waals surface area contributed by atoms with Crippen molar-refractivity contribution in [1.82, 2.24) is 0 Å². The average Bonchev–Trinajstić information content (AvgIpc) is 2.15. The summed E-state index contributed by atoms with van der Waals surface area (Å²) >= 11 is 0. The molecule has 13 heavy (non-hydrogen) atoms.